The molecule has 0 aliphatic rings. The first-order chi connectivity index (χ1) is 7.20. The molecule has 0 aromatic carbocycles. The Hall–Kier alpha value is -0.0200. The van der Waals surface area contributed by atoms with Crippen molar-refractivity contribution in [3.05, 3.63) is 0 Å². The maximum absolute atomic E-state index is 11.3. The smallest absolute Gasteiger partial charge is 0.189 e. The summed E-state index contributed by atoms with van der Waals surface area (Å²) in [5, 5.41) is 9.51. The lowest BCUT2D eigenvalue weighted by Gasteiger charge is -2.05. The van der Waals surface area contributed by atoms with Crippen LogP contribution in [0.25, 0.3) is 0 Å². The van der Waals surface area contributed by atoms with Crippen molar-refractivity contribution in [1.82, 2.24) is 0 Å². The number of hydrogen-bond donors (Lipinski definition) is 1. The van der Waals surface area contributed by atoms with E-state index in [4.69, 9.17) is 0 Å². The Labute approximate surface area is 97.8 Å². The van der Waals surface area contributed by atoms with Gasteiger partial charge in [0, 0.05) is 12.2 Å². The molecule has 1 unspecified atom stereocenters. The van der Waals surface area contributed by atoms with Gasteiger partial charge >= 0.3 is 0 Å². The normalized spacial score (nSPS) is 12.7. The third-order valence-electron chi connectivity index (χ3n) is 2.39. The Morgan fingerprint density at radius 1 is 1.20 bits per heavy atom. The van der Waals surface area contributed by atoms with Gasteiger partial charge in [0.25, 0.3) is 0 Å². The standard InChI is InChI=1S/C12H24O2S/c1-3-5-6-7-8-9-12(14)15-10-11(13)4-2/h11,13H,3-10H2,1-2H3. The van der Waals surface area contributed by atoms with E-state index in [2.05, 4.69) is 6.92 Å². The highest BCUT2D eigenvalue weighted by Gasteiger charge is 2.06. The van der Waals surface area contributed by atoms with Crippen molar-refractivity contribution in [2.24, 2.45) is 0 Å². The van der Waals surface area contributed by atoms with Crippen LogP contribution in [0.5, 0.6) is 0 Å². The minimum absolute atomic E-state index is 0.235. The molecule has 1 atom stereocenters. The Kier molecular flexibility index (Phi) is 10.5. The lowest BCUT2D eigenvalue weighted by molar-refractivity contribution is -0.111. The van der Waals surface area contributed by atoms with Crippen molar-refractivity contribution >= 4 is 16.9 Å². The first-order valence-electron chi connectivity index (χ1n) is 6.04. The van der Waals surface area contributed by atoms with E-state index in [1.54, 1.807) is 0 Å². The molecule has 0 saturated heterocycles. The zero-order chi connectivity index (χ0) is 11.5. The van der Waals surface area contributed by atoms with Crippen LogP contribution in [-0.2, 0) is 4.79 Å². The zero-order valence-corrected chi connectivity index (χ0v) is 10.8. The summed E-state index contributed by atoms with van der Waals surface area (Å²) in [7, 11) is 0. The molecule has 3 heteroatoms. The molecule has 0 aliphatic carbocycles. The van der Waals surface area contributed by atoms with Gasteiger partial charge in [0.2, 0.25) is 0 Å². The van der Waals surface area contributed by atoms with Crippen molar-refractivity contribution in [3.8, 4) is 0 Å². The van der Waals surface area contributed by atoms with Crippen LogP contribution in [0.3, 0.4) is 0 Å². The number of unbranched alkanes of at least 4 members (excludes halogenated alkanes) is 4. The lowest BCUT2D eigenvalue weighted by Crippen LogP contribution is -2.09. The summed E-state index contributed by atoms with van der Waals surface area (Å²) >= 11 is 1.28. The van der Waals surface area contributed by atoms with Crippen LogP contribution in [-0.4, -0.2) is 22.1 Å². The van der Waals surface area contributed by atoms with Gasteiger partial charge in [0.05, 0.1) is 6.10 Å². The number of hydrogen-bond acceptors (Lipinski definition) is 3. The molecule has 15 heavy (non-hydrogen) atoms. The van der Waals surface area contributed by atoms with E-state index in [0.717, 1.165) is 19.3 Å². The van der Waals surface area contributed by atoms with Gasteiger partial charge in [-0.3, -0.25) is 4.79 Å². The summed E-state index contributed by atoms with van der Waals surface area (Å²) in [6.45, 7) is 4.12. The van der Waals surface area contributed by atoms with Crippen LogP contribution in [0.1, 0.15) is 58.8 Å². The second kappa shape index (κ2) is 10.5. The van der Waals surface area contributed by atoms with Gasteiger partial charge < -0.3 is 5.11 Å². The fraction of sp³-hybridized carbons (Fsp3) is 0.917. The fourth-order valence-corrected chi connectivity index (χ4v) is 2.15. The van der Waals surface area contributed by atoms with Gasteiger partial charge in [-0.1, -0.05) is 51.3 Å². The molecule has 0 aromatic rings. The molecule has 0 amide bonds. The number of thioether (sulfide) groups is 1. The predicted octanol–water partition coefficient (Wildman–Crippen LogP) is 3.38. The number of aliphatic hydroxyl groups excluding tert-OH is 1. The highest BCUT2D eigenvalue weighted by atomic mass is 32.2. The summed E-state index contributed by atoms with van der Waals surface area (Å²) in [5.41, 5.74) is 0. The first-order valence-corrected chi connectivity index (χ1v) is 7.02. The second-order valence-corrected chi connectivity index (χ2v) is 4.99. The molecule has 0 saturated carbocycles. The van der Waals surface area contributed by atoms with Gasteiger partial charge in [-0.05, 0) is 12.8 Å². The van der Waals surface area contributed by atoms with Crippen LogP contribution >= 0.6 is 11.8 Å². The maximum Gasteiger partial charge on any atom is 0.189 e. The van der Waals surface area contributed by atoms with Crippen LogP contribution in [0.2, 0.25) is 0 Å². The Morgan fingerprint density at radius 3 is 2.47 bits per heavy atom. The molecule has 0 aromatic heterocycles. The fourth-order valence-electron chi connectivity index (χ4n) is 1.25. The van der Waals surface area contributed by atoms with Gasteiger partial charge in [-0.2, -0.15) is 0 Å². The Balaban J connectivity index is 3.26. The minimum atomic E-state index is -0.320. The third kappa shape index (κ3) is 10.3. The molecule has 90 valence electrons. The Morgan fingerprint density at radius 2 is 1.87 bits per heavy atom. The van der Waals surface area contributed by atoms with E-state index in [0.29, 0.717) is 12.2 Å². The maximum atomic E-state index is 11.3. The van der Waals surface area contributed by atoms with E-state index >= 15 is 0 Å². The minimum Gasteiger partial charge on any atom is -0.392 e. The number of carbonyl (C=O) groups excluding carboxylic acids is 1. The Bertz CT molecular complexity index is 160. The van der Waals surface area contributed by atoms with Crippen molar-refractivity contribution in [2.75, 3.05) is 5.75 Å². The predicted molar refractivity (Wildman–Crippen MR) is 67.1 cm³/mol. The molecule has 0 aliphatic heterocycles. The van der Waals surface area contributed by atoms with Gasteiger partial charge in [0.1, 0.15) is 0 Å². The quantitative estimate of drug-likeness (QED) is 0.619. The van der Waals surface area contributed by atoms with Crippen LogP contribution in [0.4, 0.5) is 0 Å². The monoisotopic (exact) mass is 232 g/mol. The average Bonchev–Trinajstić information content (AvgIpc) is 2.25. The van der Waals surface area contributed by atoms with E-state index in [-0.39, 0.29) is 11.2 Å². The van der Waals surface area contributed by atoms with Crippen molar-refractivity contribution in [2.45, 2.75) is 64.9 Å². The summed E-state index contributed by atoms with van der Waals surface area (Å²) in [6.07, 6.45) is 7.01. The summed E-state index contributed by atoms with van der Waals surface area (Å²) in [5.74, 6) is 0.560. The molecule has 2 nitrogen and oxygen atoms in total. The average molecular weight is 232 g/mol. The number of carbonyl (C=O) groups is 1. The van der Waals surface area contributed by atoms with E-state index in [9.17, 15) is 9.90 Å². The number of aliphatic hydroxyl groups is 1. The molecule has 0 spiro atoms. The van der Waals surface area contributed by atoms with E-state index < -0.39 is 0 Å². The molecule has 1 N–H and O–H groups in total. The van der Waals surface area contributed by atoms with Crippen molar-refractivity contribution in [1.29, 1.82) is 0 Å². The summed E-state index contributed by atoms with van der Waals surface area (Å²) < 4.78 is 0. The molecule has 0 radical (unpaired) electrons. The topological polar surface area (TPSA) is 37.3 Å². The van der Waals surface area contributed by atoms with Crippen LogP contribution < -0.4 is 0 Å². The first kappa shape index (κ1) is 15.0. The largest absolute Gasteiger partial charge is 0.392 e. The molecular weight excluding hydrogens is 208 g/mol. The van der Waals surface area contributed by atoms with E-state index in [1.165, 1.54) is 31.0 Å². The van der Waals surface area contributed by atoms with Crippen molar-refractivity contribution in [3.63, 3.8) is 0 Å². The second-order valence-electron chi connectivity index (χ2n) is 3.91. The van der Waals surface area contributed by atoms with Gasteiger partial charge in [-0.15, -0.1) is 0 Å². The SMILES string of the molecule is CCCCCCCC(=O)SCC(O)CC. The van der Waals surface area contributed by atoms with Crippen molar-refractivity contribution < 1.29 is 9.90 Å². The molecule has 0 fully saturated rings. The lowest BCUT2D eigenvalue weighted by atomic mass is 10.1. The van der Waals surface area contributed by atoms with Gasteiger partial charge in [0.15, 0.2) is 5.12 Å². The summed E-state index contributed by atoms with van der Waals surface area (Å²) in [4.78, 5) is 11.3. The zero-order valence-electron chi connectivity index (χ0n) is 10.00. The molecular formula is C12H24O2S. The number of rotatable bonds is 9. The highest BCUT2D eigenvalue weighted by molar-refractivity contribution is 8.13. The molecule has 0 rings (SSSR count). The van der Waals surface area contributed by atoms with E-state index in [1.807, 2.05) is 6.92 Å². The highest BCUT2D eigenvalue weighted by Crippen LogP contribution is 2.13. The van der Waals surface area contributed by atoms with Crippen LogP contribution in [0, 0.1) is 0 Å². The van der Waals surface area contributed by atoms with Crippen LogP contribution in [0.15, 0.2) is 0 Å². The molecule has 0 bridgehead atoms. The third-order valence-corrected chi connectivity index (χ3v) is 3.47. The summed E-state index contributed by atoms with van der Waals surface area (Å²) in [6, 6.07) is 0. The molecule has 0 heterocycles. The van der Waals surface area contributed by atoms with Gasteiger partial charge in [-0.25, -0.2) is 0 Å².